The van der Waals surface area contributed by atoms with Crippen LogP contribution in [0.15, 0.2) is 0 Å². The zero-order valence-electron chi connectivity index (χ0n) is 10.9. The van der Waals surface area contributed by atoms with Gasteiger partial charge in [0.25, 0.3) is 0 Å². The maximum Gasteiger partial charge on any atom is 0.233 e. The predicted molar refractivity (Wildman–Crippen MR) is 71.1 cm³/mol. The van der Waals surface area contributed by atoms with E-state index in [1.807, 2.05) is 11.6 Å². The van der Waals surface area contributed by atoms with Gasteiger partial charge in [-0.05, 0) is 39.2 Å². The summed E-state index contributed by atoms with van der Waals surface area (Å²) in [4.78, 5) is 0. The molecule has 6 heteroatoms. The number of aryl methyl sites for hydroxylation is 1. The molecule has 2 aromatic heterocycles. The predicted octanol–water partition coefficient (Wildman–Crippen LogP) is 1.90. The normalized spacial score (nSPS) is 15.3. The fourth-order valence-corrected chi connectivity index (χ4v) is 2.62. The van der Waals surface area contributed by atoms with Crippen LogP contribution in [0.5, 0.6) is 0 Å². The quantitative estimate of drug-likeness (QED) is 0.915. The highest BCUT2D eigenvalue weighted by Gasteiger charge is 2.21. The molecule has 0 aromatic carbocycles. The van der Waals surface area contributed by atoms with Gasteiger partial charge in [0.15, 0.2) is 0 Å². The molecule has 0 saturated heterocycles. The van der Waals surface area contributed by atoms with E-state index in [1.165, 1.54) is 18.4 Å². The van der Waals surface area contributed by atoms with Crippen molar-refractivity contribution in [2.24, 2.45) is 0 Å². The number of rotatable bonds is 4. The van der Waals surface area contributed by atoms with E-state index in [9.17, 15) is 0 Å². The molecule has 5 nitrogen and oxygen atoms in total. The second kappa shape index (κ2) is 4.44. The van der Waals surface area contributed by atoms with E-state index in [-0.39, 0.29) is 0 Å². The molecule has 0 spiro atoms. The SMILES string of the molecule is Cc1nn(-c2nnc(CNC3CC3)s2)c(C)c1C. The molecule has 0 radical (unpaired) electrons. The van der Waals surface area contributed by atoms with Crippen LogP contribution in [0.3, 0.4) is 0 Å². The Morgan fingerprint density at radius 2 is 2.06 bits per heavy atom. The van der Waals surface area contributed by atoms with E-state index in [2.05, 4.69) is 34.5 Å². The van der Waals surface area contributed by atoms with E-state index < -0.39 is 0 Å². The van der Waals surface area contributed by atoms with Crippen LogP contribution >= 0.6 is 11.3 Å². The molecule has 1 fully saturated rings. The van der Waals surface area contributed by atoms with Gasteiger partial charge in [-0.1, -0.05) is 11.3 Å². The summed E-state index contributed by atoms with van der Waals surface area (Å²) < 4.78 is 1.89. The second-order valence-corrected chi connectivity index (χ2v) is 5.88. The molecule has 1 aliphatic carbocycles. The highest BCUT2D eigenvalue weighted by atomic mass is 32.1. The minimum Gasteiger partial charge on any atom is -0.308 e. The van der Waals surface area contributed by atoms with Crippen molar-refractivity contribution in [2.75, 3.05) is 0 Å². The maximum absolute atomic E-state index is 4.51. The van der Waals surface area contributed by atoms with Crippen LogP contribution in [0.25, 0.3) is 5.13 Å². The first-order chi connectivity index (χ1) is 8.65. The van der Waals surface area contributed by atoms with Gasteiger partial charge in [0.1, 0.15) is 5.01 Å². The zero-order valence-corrected chi connectivity index (χ0v) is 11.7. The van der Waals surface area contributed by atoms with Crippen molar-refractivity contribution < 1.29 is 0 Å². The van der Waals surface area contributed by atoms with Gasteiger partial charge in [-0.3, -0.25) is 0 Å². The maximum atomic E-state index is 4.51. The molecule has 3 rings (SSSR count). The lowest BCUT2D eigenvalue weighted by Crippen LogP contribution is -2.14. The van der Waals surface area contributed by atoms with Crippen LogP contribution in [0.1, 0.15) is 34.8 Å². The van der Waals surface area contributed by atoms with Gasteiger partial charge < -0.3 is 5.32 Å². The Labute approximate surface area is 110 Å². The summed E-state index contributed by atoms with van der Waals surface area (Å²) in [6, 6.07) is 0.702. The molecular formula is C12H17N5S. The third kappa shape index (κ3) is 2.18. The van der Waals surface area contributed by atoms with Gasteiger partial charge in [0.2, 0.25) is 5.13 Å². The van der Waals surface area contributed by atoms with Crippen molar-refractivity contribution >= 4 is 11.3 Å². The van der Waals surface area contributed by atoms with Crippen molar-refractivity contribution in [2.45, 2.75) is 46.2 Å². The summed E-state index contributed by atoms with van der Waals surface area (Å²) >= 11 is 1.61. The van der Waals surface area contributed by atoms with E-state index in [1.54, 1.807) is 11.3 Å². The van der Waals surface area contributed by atoms with Crippen LogP contribution in [0.4, 0.5) is 0 Å². The highest BCUT2D eigenvalue weighted by molar-refractivity contribution is 7.13. The first-order valence-electron chi connectivity index (χ1n) is 6.24. The number of aromatic nitrogens is 4. The summed E-state index contributed by atoms with van der Waals surface area (Å²) in [7, 11) is 0. The van der Waals surface area contributed by atoms with Crippen LogP contribution in [0.2, 0.25) is 0 Å². The molecule has 0 atom stereocenters. The third-order valence-electron chi connectivity index (χ3n) is 3.41. The Morgan fingerprint density at radius 3 is 2.67 bits per heavy atom. The summed E-state index contributed by atoms with van der Waals surface area (Å²) in [6.45, 7) is 7.00. The Balaban J connectivity index is 1.80. The average Bonchev–Trinajstić information content (AvgIpc) is 3.02. The number of hydrogen-bond donors (Lipinski definition) is 1. The lowest BCUT2D eigenvalue weighted by molar-refractivity contribution is 0.678. The van der Waals surface area contributed by atoms with E-state index in [4.69, 9.17) is 0 Å². The first-order valence-corrected chi connectivity index (χ1v) is 7.06. The summed E-state index contributed by atoms with van der Waals surface area (Å²) in [5.41, 5.74) is 3.42. The highest BCUT2D eigenvalue weighted by Crippen LogP contribution is 2.22. The summed E-state index contributed by atoms with van der Waals surface area (Å²) in [5.74, 6) is 0. The standard InChI is InChI=1S/C12H17N5S/c1-7-8(2)16-17(9(7)3)12-15-14-11(18-12)6-13-10-4-5-10/h10,13H,4-6H2,1-3H3. The molecule has 18 heavy (non-hydrogen) atoms. The van der Waals surface area contributed by atoms with E-state index in [0.717, 1.165) is 28.1 Å². The second-order valence-electron chi connectivity index (χ2n) is 4.84. The number of nitrogens with one attached hydrogen (secondary N) is 1. The van der Waals surface area contributed by atoms with Crippen molar-refractivity contribution in [3.05, 3.63) is 22.0 Å². The fourth-order valence-electron chi connectivity index (χ4n) is 1.83. The topological polar surface area (TPSA) is 55.6 Å². The zero-order chi connectivity index (χ0) is 12.7. The summed E-state index contributed by atoms with van der Waals surface area (Å²) in [6.07, 6.45) is 2.59. The van der Waals surface area contributed by atoms with E-state index in [0.29, 0.717) is 6.04 Å². The molecule has 96 valence electrons. The van der Waals surface area contributed by atoms with Crippen molar-refractivity contribution in [1.82, 2.24) is 25.3 Å². The molecule has 1 saturated carbocycles. The Morgan fingerprint density at radius 1 is 1.28 bits per heavy atom. The fraction of sp³-hybridized carbons (Fsp3) is 0.583. The van der Waals surface area contributed by atoms with Crippen LogP contribution in [-0.2, 0) is 6.54 Å². The third-order valence-corrected chi connectivity index (χ3v) is 4.31. The van der Waals surface area contributed by atoms with Crippen LogP contribution in [-0.4, -0.2) is 26.0 Å². The Hall–Kier alpha value is -1.27. The van der Waals surface area contributed by atoms with Gasteiger partial charge in [-0.25, -0.2) is 4.68 Å². The molecule has 0 aliphatic heterocycles. The molecule has 2 aromatic rings. The van der Waals surface area contributed by atoms with E-state index >= 15 is 0 Å². The molecule has 0 bridgehead atoms. The number of hydrogen-bond acceptors (Lipinski definition) is 5. The average molecular weight is 263 g/mol. The lowest BCUT2D eigenvalue weighted by Gasteiger charge is -1.98. The van der Waals surface area contributed by atoms with Crippen molar-refractivity contribution in [3.63, 3.8) is 0 Å². The minimum absolute atomic E-state index is 0.702. The van der Waals surface area contributed by atoms with Crippen LogP contribution < -0.4 is 5.32 Å². The Bertz CT molecular complexity index is 567. The molecule has 1 aliphatic rings. The minimum atomic E-state index is 0.702. The van der Waals surface area contributed by atoms with Crippen molar-refractivity contribution in [3.8, 4) is 5.13 Å². The van der Waals surface area contributed by atoms with Gasteiger partial charge in [-0.2, -0.15) is 5.10 Å². The van der Waals surface area contributed by atoms with Gasteiger partial charge in [0.05, 0.1) is 12.2 Å². The lowest BCUT2D eigenvalue weighted by atomic mass is 10.2. The largest absolute Gasteiger partial charge is 0.308 e. The van der Waals surface area contributed by atoms with Crippen LogP contribution in [0, 0.1) is 20.8 Å². The molecule has 1 N–H and O–H groups in total. The monoisotopic (exact) mass is 263 g/mol. The number of nitrogens with zero attached hydrogens (tertiary/aromatic N) is 4. The first kappa shape index (κ1) is 11.8. The molecule has 0 unspecified atom stereocenters. The Kier molecular flexibility index (Phi) is 2.91. The molecule has 0 amide bonds. The summed E-state index contributed by atoms with van der Waals surface area (Å²) in [5, 5.41) is 18.3. The molecular weight excluding hydrogens is 246 g/mol. The van der Waals surface area contributed by atoms with Gasteiger partial charge in [-0.15, -0.1) is 10.2 Å². The molecule has 2 heterocycles. The van der Waals surface area contributed by atoms with Gasteiger partial charge >= 0.3 is 0 Å². The smallest absolute Gasteiger partial charge is 0.233 e. The van der Waals surface area contributed by atoms with Crippen molar-refractivity contribution in [1.29, 1.82) is 0 Å². The van der Waals surface area contributed by atoms with Gasteiger partial charge in [0, 0.05) is 11.7 Å².